The quantitative estimate of drug-likeness (QED) is 0.796. The average Bonchev–Trinajstić information content (AvgIpc) is 2.45. The molecule has 0 aromatic carbocycles. The van der Waals surface area contributed by atoms with Crippen LogP contribution in [0.1, 0.15) is 52.9 Å². The van der Waals surface area contributed by atoms with Gasteiger partial charge in [0.1, 0.15) is 6.61 Å². The van der Waals surface area contributed by atoms with Gasteiger partial charge in [-0.3, -0.25) is 9.69 Å². The van der Waals surface area contributed by atoms with Crippen LogP contribution in [0.25, 0.3) is 0 Å². The lowest BCUT2D eigenvalue weighted by molar-refractivity contribution is -0.140. The fourth-order valence-corrected chi connectivity index (χ4v) is 3.12. The van der Waals surface area contributed by atoms with Gasteiger partial charge >= 0.3 is 0 Å². The summed E-state index contributed by atoms with van der Waals surface area (Å²) in [6.45, 7) is 11.0. The van der Waals surface area contributed by atoms with E-state index in [2.05, 4.69) is 25.7 Å². The Hall–Kier alpha value is -0.610. The number of nitrogens with zero attached hydrogens (tertiary/aromatic N) is 2. The zero-order valence-corrected chi connectivity index (χ0v) is 13.4. The fraction of sp³-hybridized carbons (Fsp3) is 0.938. The molecule has 2 saturated heterocycles. The SMILES string of the molecule is CC(C)(C)N1CCC(OCC(=O)N2CCCCC2)CC1. The molecule has 0 aromatic rings. The van der Waals surface area contributed by atoms with Crippen molar-refractivity contribution in [2.45, 2.75) is 64.5 Å². The highest BCUT2D eigenvalue weighted by atomic mass is 16.5. The molecule has 0 bridgehead atoms. The zero-order valence-electron chi connectivity index (χ0n) is 13.4. The number of carbonyl (C=O) groups excluding carboxylic acids is 1. The van der Waals surface area contributed by atoms with Gasteiger partial charge in [0.25, 0.3) is 0 Å². The first kappa shape index (κ1) is 15.8. The molecule has 0 unspecified atom stereocenters. The fourth-order valence-electron chi connectivity index (χ4n) is 3.12. The van der Waals surface area contributed by atoms with Gasteiger partial charge in [-0.2, -0.15) is 0 Å². The van der Waals surface area contributed by atoms with E-state index in [0.717, 1.165) is 51.9 Å². The Morgan fingerprint density at radius 1 is 1.05 bits per heavy atom. The highest BCUT2D eigenvalue weighted by Gasteiger charge is 2.28. The van der Waals surface area contributed by atoms with Crippen molar-refractivity contribution in [3.05, 3.63) is 0 Å². The number of likely N-dealkylation sites (tertiary alicyclic amines) is 2. The largest absolute Gasteiger partial charge is 0.368 e. The maximum absolute atomic E-state index is 12.1. The van der Waals surface area contributed by atoms with Gasteiger partial charge in [-0.05, 0) is 52.9 Å². The summed E-state index contributed by atoms with van der Waals surface area (Å²) in [4.78, 5) is 16.5. The molecule has 0 saturated carbocycles. The van der Waals surface area contributed by atoms with Crippen LogP contribution in [0, 0.1) is 0 Å². The third-order valence-electron chi connectivity index (χ3n) is 4.54. The van der Waals surface area contributed by atoms with Gasteiger partial charge in [0.15, 0.2) is 0 Å². The molecule has 4 heteroatoms. The number of hydrogen-bond acceptors (Lipinski definition) is 3. The summed E-state index contributed by atoms with van der Waals surface area (Å²) in [6.07, 6.45) is 5.92. The zero-order chi connectivity index (χ0) is 14.6. The van der Waals surface area contributed by atoms with Gasteiger partial charge < -0.3 is 9.64 Å². The monoisotopic (exact) mass is 282 g/mol. The second-order valence-corrected chi connectivity index (χ2v) is 7.11. The number of rotatable bonds is 3. The van der Waals surface area contributed by atoms with Crippen LogP contribution < -0.4 is 0 Å². The molecule has 116 valence electrons. The molecule has 2 heterocycles. The lowest BCUT2D eigenvalue weighted by Crippen LogP contribution is -2.48. The first-order chi connectivity index (χ1) is 9.47. The second kappa shape index (κ2) is 6.90. The predicted molar refractivity (Wildman–Crippen MR) is 80.7 cm³/mol. The van der Waals surface area contributed by atoms with E-state index in [1.165, 1.54) is 6.42 Å². The minimum atomic E-state index is 0.183. The van der Waals surface area contributed by atoms with E-state index >= 15 is 0 Å². The number of piperidine rings is 2. The smallest absolute Gasteiger partial charge is 0.248 e. The molecule has 0 radical (unpaired) electrons. The van der Waals surface area contributed by atoms with Crippen molar-refractivity contribution in [1.29, 1.82) is 0 Å². The summed E-state index contributed by atoms with van der Waals surface area (Å²) in [5.74, 6) is 0.183. The van der Waals surface area contributed by atoms with Crippen molar-refractivity contribution in [1.82, 2.24) is 9.80 Å². The minimum absolute atomic E-state index is 0.183. The van der Waals surface area contributed by atoms with E-state index in [1.54, 1.807) is 0 Å². The molecule has 2 aliphatic heterocycles. The average molecular weight is 282 g/mol. The van der Waals surface area contributed by atoms with Crippen LogP contribution in [0.4, 0.5) is 0 Å². The van der Waals surface area contributed by atoms with Crippen LogP contribution in [-0.2, 0) is 9.53 Å². The molecular formula is C16H30N2O2. The molecule has 0 N–H and O–H groups in total. The van der Waals surface area contributed by atoms with Crippen LogP contribution in [0.3, 0.4) is 0 Å². The second-order valence-electron chi connectivity index (χ2n) is 7.11. The van der Waals surface area contributed by atoms with Crippen LogP contribution >= 0.6 is 0 Å². The molecule has 2 aliphatic rings. The topological polar surface area (TPSA) is 32.8 Å². The van der Waals surface area contributed by atoms with Crippen molar-refractivity contribution in [3.63, 3.8) is 0 Å². The van der Waals surface area contributed by atoms with Crippen LogP contribution in [0.15, 0.2) is 0 Å². The number of amides is 1. The summed E-state index contributed by atoms with van der Waals surface area (Å²) < 4.78 is 5.84. The summed E-state index contributed by atoms with van der Waals surface area (Å²) in [7, 11) is 0. The van der Waals surface area contributed by atoms with E-state index in [9.17, 15) is 4.79 Å². The predicted octanol–water partition coefficient (Wildman–Crippen LogP) is 2.28. The molecule has 4 nitrogen and oxygen atoms in total. The normalized spacial score (nSPS) is 23.1. The van der Waals surface area contributed by atoms with E-state index in [-0.39, 0.29) is 24.2 Å². The van der Waals surface area contributed by atoms with Crippen molar-refractivity contribution in [2.24, 2.45) is 0 Å². The summed E-state index contributed by atoms with van der Waals surface area (Å²) in [5.41, 5.74) is 0.245. The van der Waals surface area contributed by atoms with E-state index in [0.29, 0.717) is 0 Å². The first-order valence-electron chi connectivity index (χ1n) is 8.11. The first-order valence-corrected chi connectivity index (χ1v) is 8.11. The Morgan fingerprint density at radius 3 is 2.20 bits per heavy atom. The molecular weight excluding hydrogens is 252 g/mol. The number of hydrogen-bond donors (Lipinski definition) is 0. The van der Waals surface area contributed by atoms with Gasteiger partial charge in [-0.15, -0.1) is 0 Å². The lowest BCUT2D eigenvalue weighted by Gasteiger charge is -2.40. The standard InChI is InChI=1S/C16H30N2O2/c1-16(2,3)18-11-7-14(8-12-18)20-13-15(19)17-9-5-4-6-10-17/h14H,4-13H2,1-3H3. The van der Waals surface area contributed by atoms with Crippen molar-refractivity contribution < 1.29 is 9.53 Å². The van der Waals surface area contributed by atoms with Crippen molar-refractivity contribution in [2.75, 3.05) is 32.8 Å². The summed E-state index contributed by atoms with van der Waals surface area (Å²) >= 11 is 0. The summed E-state index contributed by atoms with van der Waals surface area (Å²) in [6, 6.07) is 0. The van der Waals surface area contributed by atoms with Crippen LogP contribution in [0.2, 0.25) is 0 Å². The van der Waals surface area contributed by atoms with Gasteiger partial charge in [0.05, 0.1) is 6.10 Å². The minimum Gasteiger partial charge on any atom is -0.368 e. The number of carbonyl (C=O) groups is 1. The lowest BCUT2D eigenvalue weighted by atomic mass is 9.99. The van der Waals surface area contributed by atoms with Gasteiger partial charge in [-0.1, -0.05) is 0 Å². The third kappa shape index (κ3) is 4.45. The Labute approximate surface area is 123 Å². The molecule has 0 atom stereocenters. The third-order valence-corrected chi connectivity index (χ3v) is 4.54. The number of ether oxygens (including phenoxy) is 1. The molecule has 0 aliphatic carbocycles. The van der Waals surface area contributed by atoms with E-state index in [1.807, 2.05) is 4.90 Å². The van der Waals surface area contributed by atoms with Gasteiger partial charge in [-0.25, -0.2) is 0 Å². The molecule has 2 fully saturated rings. The van der Waals surface area contributed by atoms with E-state index in [4.69, 9.17) is 4.74 Å². The van der Waals surface area contributed by atoms with Crippen molar-refractivity contribution in [3.8, 4) is 0 Å². The Kier molecular flexibility index (Phi) is 5.44. The van der Waals surface area contributed by atoms with Gasteiger partial charge in [0, 0.05) is 31.7 Å². The highest BCUT2D eigenvalue weighted by molar-refractivity contribution is 5.77. The molecule has 0 aromatic heterocycles. The van der Waals surface area contributed by atoms with Crippen molar-refractivity contribution >= 4 is 5.91 Å². The van der Waals surface area contributed by atoms with Crippen LogP contribution in [0.5, 0.6) is 0 Å². The summed E-state index contributed by atoms with van der Waals surface area (Å²) in [5, 5.41) is 0. The molecule has 1 amide bonds. The highest BCUT2D eigenvalue weighted by Crippen LogP contribution is 2.21. The maximum atomic E-state index is 12.1. The maximum Gasteiger partial charge on any atom is 0.248 e. The Balaban J connectivity index is 1.67. The Morgan fingerprint density at radius 2 is 1.65 bits per heavy atom. The molecule has 2 rings (SSSR count). The van der Waals surface area contributed by atoms with Gasteiger partial charge in [0.2, 0.25) is 5.91 Å². The van der Waals surface area contributed by atoms with E-state index < -0.39 is 0 Å². The van der Waals surface area contributed by atoms with Crippen LogP contribution in [-0.4, -0.2) is 60.1 Å². The Bertz CT molecular complexity index is 311. The molecule has 0 spiro atoms. The molecule has 20 heavy (non-hydrogen) atoms.